The number of benzene rings is 2. The Kier molecular flexibility index (Phi) is 3.99. The first-order valence-corrected chi connectivity index (χ1v) is 9.20. The second-order valence-corrected chi connectivity index (χ2v) is 7.03. The van der Waals surface area contributed by atoms with E-state index in [2.05, 4.69) is 51.7 Å². The van der Waals surface area contributed by atoms with Crippen molar-refractivity contribution in [2.75, 3.05) is 0 Å². The third-order valence-corrected chi connectivity index (χ3v) is 5.42. The topological polar surface area (TPSA) is 78.7 Å². The van der Waals surface area contributed by atoms with Crippen molar-refractivity contribution in [3.8, 4) is 0 Å². The summed E-state index contributed by atoms with van der Waals surface area (Å²) in [6.45, 7) is 0. The van der Waals surface area contributed by atoms with Gasteiger partial charge in [0.25, 0.3) is 5.91 Å². The molecule has 1 saturated heterocycles. The van der Waals surface area contributed by atoms with Crippen LogP contribution in [-0.4, -0.2) is 18.2 Å². The fourth-order valence-electron chi connectivity index (χ4n) is 4.11. The molecule has 2 unspecified atom stereocenters. The van der Waals surface area contributed by atoms with Gasteiger partial charge in [-0.25, -0.2) is 16.3 Å². The first-order chi connectivity index (χ1) is 13.3. The van der Waals surface area contributed by atoms with Gasteiger partial charge >= 0.3 is 0 Å². The number of amides is 1. The lowest BCUT2D eigenvalue weighted by Crippen LogP contribution is -2.41. The van der Waals surface area contributed by atoms with Crippen LogP contribution in [-0.2, 0) is 17.6 Å². The molecule has 2 aromatic carbocycles. The summed E-state index contributed by atoms with van der Waals surface area (Å²) < 4.78 is 5.15. The Morgan fingerprint density at radius 1 is 1.11 bits per heavy atom. The van der Waals surface area contributed by atoms with E-state index in [0.717, 1.165) is 12.8 Å². The summed E-state index contributed by atoms with van der Waals surface area (Å²) in [5.41, 5.74) is 13.0. The number of nitrogens with zero attached hydrogens (tertiary/aromatic N) is 1. The summed E-state index contributed by atoms with van der Waals surface area (Å²) >= 11 is 0. The molecule has 6 nitrogen and oxygen atoms in total. The van der Waals surface area contributed by atoms with E-state index in [9.17, 15) is 4.79 Å². The summed E-state index contributed by atoms with van der Waals surface area (Å²) in [4.78, 5) is 12.4. The number of carbonyl (C=O) groups is 1. The molecule has 27 heavy (non-hydrogen) atoms. The fraction of sp³-hybridized carbons (Fsp3) is 0.238. The fourth-order valence-corrected chi connectivity index (χ4v) is 4.11. The van der Waals surface area contributed by atoms with E-state index in [1.165, 1.54) is 33.7 Å². The van der Waals surface area contributed by atoms with Crippen LogP contribution in [0.1, 0.15) is 34.9 Å². The van der Waals surface area contributed by atoms with Crippen molar-refractivity contribution in [3.05, 3.63) is 71.2 Å². The molecular formula is C21H20N4O2. The molecule has 1 aliphatic heterocycles. The number of aryl methyl sites for hydroxylation is 2. The summed E-state index contributed by atoms with van der Waals surface area (Å²) in [7, 11) is 0. The number of hydrogen-bond donors (Lipinski definition) is 3. The third kappa shape index (κ3) is 2.93. The maximum Gasteiger partial charge on any atom is 0.258 e. The van der Waals surface area contributed by atoms with E-state index < -0.39 is 0 Å². The Morgan fingerprint density at radius 2 is 2.00 bits per heavy atom. The van der Waals surface area contributed by atoms with E-state index in [4.69, 9.17) is 4.42 Å². The van der Waals surface area contributed by atoms with Gasteiger partial charge in [0.2, 0.25) is 0 Å². The second kappa shape index (κ2) is 6.64. The van der Waals surface area contributed by atoms with Gasteiger partial charge in [-0.05, 0) is 58.9 Å². The first-order valence-electron chi connectivity index (χ1n) is 9.20. The van der Waals surface area contributed by atoms with E-state index in [0.29, 0.717) is 12.2 Å². The van der Waals surface area contributed by atoms with Gasteiger partial charge in [-0.1, -0.05) is 30.3 Å². The molecule has 0 saturated carbocycles. The van der Waals surface area contributed by atoms with Crippen LogP contribution in [0.5, 0.6) is 0 Å². The van der Waals surface area contributed by atoms with Crippen molar-refractivity contribution in [1.82, 2.24) is 16.3 Å². The SMILES string of the molecule is O=C(N/N=C\c1ccco1)C1CC(c2ccc3c4c(cccc24)CC3)NN1. The summed E-state index contributed by atoms with van der Waals surface area (Å²) in [5, 5.41) is 6.64. The maximum atomic E-state index is 12.4. The lowest BCUT2D eigenvalue weighted by atomic mass is 9.93. The number of hydrazone groups is 1. The van der Waals surface area contributed by atoms with Crippen LogP contribution in [0.3, 0.4) is 0 Å². The van der Waals surface area contributed by atoms with Gasteiger partial charge < -0.3 is 4.42 Å². The maximum absolute atomic E-state index is 12.4. The predicted octanol–water partition coefficient (Wildman–Crippen LogP) is 2.59. The summed E-state index contributed by atoms with van der Waals surface area (Å²) in [5.74, 6) is 0.428. The van der Waals surface area contributed by atoms with E-state index in [-0.39, 0.29) is 18.0 Å². The van der Waals surface area contributed by atoms with Crippen LogP contribution in [0, 0.1) is 0 Å². The van der Waals surface area contributed by atoms with Gasteiger partial charge in [0.05, 0.1) is 12.5 Å². The molecule has 3 aromatic rings. The van der Waals surface area contributed by atoms with Crippen LogP contribution in [0.25, 0.3) is 10.8 Å². The third-order valence-electron chi connectivity index (χ3n) is 5.42. The molecule has 6 heteroatoms. The summed E-state index contributed by atoms with van der Waals surface area (Å²) in [6, 6.07) is 14.3. The molecule has 136 valence electrons. The Hall–Kier alpha value is -2.96. The van der Waals surface area contributed by atoms with E-state index >= 15 is 0 Å². The number of carbonyl (C=O) groups excluding carboxylic acids is 1. The van der Waals surface area contributed by atoms with Gasteiger partial charge in [-0.2, -0.15) is 5.10 Å². The predicted molar refractivity (Wildman–Crippen MR) is 103 cm³/mol. The number of hydrazine groups is 1. The monoisotopic (exact) mass is 360 g/mol. The number of rotatable bonds is 4. The van der Waals surface area contributed by atoms with E-state index in [1.54, 1.807) is 18.4 Å². The minimum absolute atomic E-state index is 0.0831. The molecule has 0 radical (unpaired) electrons. The Bertz CT molecular complexity index is 1020. The molecule has 2 aliphatic rings. The number of nitrogens with one attached hydrogen (secondary N) is 3. The quantitative estimate of drug-likeness (QED) is 0.494. The van der Waals surface area contributed by atoms with Crippen LogP contribution < -0.4 is 16.3 Å². The van der Waals surface area contributed by atoms with Gasteiger partial charge in [0, 0.05) is 6.04 Å². The molecule has 1 fully saturated rings. The molecule has 5 rings (SSSR count). The van der Waals surface area contributed by atoms with Crippen molar-refractivity contribution in [2.24, 2.45) is 5.10 Å². The second-order valence-electron chi connectivity index (χ2n) is 7.03. The largest absolute Gasteiger partial charge is 0.463 e. The standard InChI is InChI=1S/C21H20N4O2/c26-21(25-22-12-15-4-2-10-27-15)19-11-18(23-24-19)16-9-8-14-7-6-13-3-1-5-17(16)20(13)14/h1-5,8-10,12,18-19,23-24H,6-7,11H2,(H,25,26)/b22-12-. The zero-order chi connectivity index (χ0) is 18.2. The summed E-state index contributed by atoms with van der Waals surface area (Å²) in [6.07, 6.45) is 5.95. The van der Waals surface area contributed by atoms with Crippen molar-refractivity contribution in [3.63, 3.8) is 0 Å². The minimum atomic E-state index is -0.341. The Morgan fingerprint density at radius 3 is 2.85 bits per heavy atom. The average molecular weight is 360 g/mol. The molecule has 2 atom stereocenters. The molecular weight excluding hydrogens is 340 g/mol. The van der Waals surface area contributed by atoms with Crippen LogP contribution in [0.4, 0.5) is 0 Å². The lowest BCUT2D eigenvalue weighted by molar-refractivity contribution is -0.122. The van der Waals surface area contributed by atoms with Gasteiger partial charge in [-0.15, -0.1) is 0 Å². The molecule has 0 bridgehead atoms. The number of hydrogen-bond acceptors (Lipinski definition) is 5. The molecule has 1 aromatic heterocycles. The van der Waals surface area contributed by atoms with Crippen molar-refractivity contribution in [2.45, 2.75) is 31.3 Å². The van der Waals surface area contributed by atoms with Gasteiger partial charge in [-0.3, -0.25) is 4.79 Å². The highest BCUT2D eigenvalue weighted by Gasteiger charge is 2.31. The Balaban J connectivity index is 1.31. The molecule has 1 amide bonds. The van der Waals surface area contributed by atoms with Gasteiger partial charge in [0.15, 0.2) is 0 Å². The highest BCUT2D eigenvalue weighted by Crippen LogP contribution is 2.36. The highest BCUT2D eigenvalue weighted by atomic mass is 16.3. The molecule has 0 spiro atoms. The van der Waals surface area contributed by atoms with Crippen molar-refractivity contribution < 1.29 is 9.21 Å². The molecule has 2 heterocycles. The van der Waals surface area contributed by atoms with Crippen LogP contribution >= 0.6 is 0 Å². The normalized spacial score (nSPS) is 21.3. The van der Waals surface area contributed by atoms with Crippen LogP contribution in [0.2, 0.25) is 0 Å². The van der Waals surface area contributed by atoms with E-state index in [1.807, 2.05) is 0 Å². The lowest BCUT2D eigenvalue weighted by Gasteiger charge is -2.14. The van der Waals surface area contributed by atoms with Crippen LogP contribution in [0.15, 0.2) is 58.2 Å². The zero-order valence-corrected chi connectivity index (χ0v) is 14.7. The van der Waals surface area contributed by atoms with Crippen molar-refractivity contribution >= 4 is 22.9 Å². The molecule has 3 N–H and O–H groups in total. The number of furan rings is 1. The average Bonchev–Trinajstić information content (AvgIpc) is 3.44. The van der Waals surface area contributed by atoms with Crippen molar-refractivity contribution in [1.29, 1.82) is 0 Å². The Labute approximate surface area is 156 Å². The first kappa shape index (κ1) is 16.2. The smallest absolute Gasteiger partial charge is 0.258 e. The van der Waals surface area contributed by atoms with Gasteiger partial charge in [0.1, 0.15) is 11.8 Å². The highest BCUT2D eigenvalue weighted by molar-refractivity contribution is 5.93. The minimum Gasteiger partial charge on any atom is -0.463 e. The zero-order valence-electron chi connectivity index (χ0n) is 14.7. The molecule has 1 aliphatic carbocycles.